The fourth-order valence-corrected chi connectivity index (χ4v) is 3.18. The second-order valence-corrected chi connectivity index (χ2v) is 6.07. The van der Waals surface area contributed by atoms with Crippen molar-refractivity contribution < 1.29 is 9.59 Å². The summed E-state index contributed by atoms with van der Waals surface area (Å²) in [4.78, 5) is 26.9. The van der Waals surface area contributed by atoms with E-state index in [2.05, 4.69) is 0 Å². The number of benzene rings is 2. The van der Waals surface area contributed by atoms with Crippen molar-refractivity contribution in [2.75, 3.05) is 0 Å². The Bertz CT molecular complexity index is 714. The van der Waals surface area contributed by atoms with E-state index in [1.807, 2.05) is 45.0 Å². The maximum atomic E-state index is 12.7. The molecule has 2 aromatic carbocycles. The first kappa shape index (κ1) is 14.5. The van der Waals surface area contributed by atoms with Crippen molar-refractivity contribution in [1.82, 2.24) is 4.90 Å². The lowest BCUT2D eigenvalue weighted by molar-refractivity contribution is 0.0538. The molecule has 0 spiro atoms. The SMILES string of the molecule is Cc1ccccc1C(C(C)C)N1C(=O)c2ccccc2C1=O. The van der Waals surface area contributed by atoms with Crippen molar-refractivity contribution in [2.45, 2.75) is 26.8 Å². The quantitative estimate of drug-likeness (QED) is 0.802. The van der Waals surface area contributed by atoms with Crippen LogP contribution in [0.5, 0.6) is 0 Å². The number of hydrogen-bond acceptors (Lipinski definition) is 2. The van der Waals surface area contributed by atoms with E-state index >= 15 is 0 Å². The summed E-state index contributed by atoms with van der Waals surface area (Å²) in [5, 5.41) is 0. The van der Waals surface area contributed by atoms with E-state index in [0.29, 0.717) is 11.1 Å². The third kappa shape index (κ3) is 2.13. The molecule has 3 nitrogen and oxygen atoms in total. The highest BCUT2D eigenvalue weighted by molar-refractivity contribution is 6.21. The van der Waals surface area contributed by atoms with Gasteiger partial charge in [0.05, 0.1) is 17.2 Å². The lowest BCUT2D eigenvalue weighted by atomic mass is 9.91. The molecule has 0 aromatic heterocycles. The van der Waals surface area contributed by atoms with Gasteiger partial charge >= 0.3 is 0 Å². The van der Waals surface area contributed by atoms with E-state index in [1.165, 1.54) is 4.90 Å². The summed E-state index contributed by atoms with van der Waals surface area (Å²) >= 11 is 0. The second kappa shape index (κ2) is 5.41. The summed E-state index contributed by atoms with van der Waals surface area (Å²) in [5.74, 6) is -0.242. The molecule has 2 amide bonds. The molecule has 1 atom stereocenters. The third-order valence-corrected chi connectivity index (χ3v) is 4.24. The number of imide groups is 1. The molecule has 112 valence electrons. The summed E-state index contributed by atoms with van der Waals surface area (Å²) in [6.07, 6.45) is 0. The van der Waals surface area contributed by atoms with Crippen LogP contribution in [-0.2, 0) is 0 Å². The van der Waals surface area contributed by atoms with Gasteiger partial charge in [-0.25, -0.2) is 0 Å². The predicted octanol–water partition coefficient (Wildman–Crippen LogP) is 3.99. The van der Waals surface area contributed by atoms with Crippen LogP contribution in [0.3, 0.4) is 0 Å². The lowest BCUT2D eigenvalue weighted by Crippen LogP contribution is -2.37. The van der Waals surface area contributed by atoms with E-state index in [1.54, 1.807) is 24.3 Å². The molecule has 3 heteroatoms. The maximum absolute atomic E-state index is 12.7. The van der Waals surface area contributed by atoms with Crippen LogP contribution in [0.2, 0.25) is 0 Å². The number of carbonyl (C=O) groups excluding carboxylic acids is 2. The molecule has 0 saturated carbocycles. The molecule has 1 unspecified atom stereocenters. The Morgan fingerprint density at radius 3 is 1.82 bits per heavy atom. The van der Waals surface area contributed by atoms with Crippen LogP contribution in [0.1, 0.15) is 51.7 Å². The summed E-state index contributed by atoms with van der Waals surface area (Å²) in [5.41, 5.74) is 3.14. The molecule has 22 heavy (non-hydrogen) atoms. The Morgan fingerprint density at radius 2 is 1.32 bits per heavy atom. The topological polar surface area (TPSA) is 37.4 Å². The van der Waals surface area contributed by atoms with Gasteiger partial charge in [0.1, 0.15) is 0 Å². The van der Waals surface area contributed by atoms with Crippen molar-refractivity contribution in [3.05, 3.63) is 70.8 Å². The van der Waals surface area contributed by atoms with Crippen LogP contribution in [0, 0.1) is 12.8 Å². The van der Waals surface area contributed by atoms with Gasteiger partial charge in [0.2, 0.25) is 0 Å². The molecule has 1 aliphatic rings. The molecule has 0 radical (unpaired) electrons. The third-order valence-electron chi connectivity index (χ3n) is 4.24. The molecular formula is C19H19NO2. The van der Waals surface area contributed by atoms with Gasteiger partial charge in [0, 0.05) is 0 Å². The zero-order chi connectivity index (χ0) is 15.9. The zero-order valence-electron chi connectivity index (χ0n) is 13.0. The van der Waals surface area contributed by atoms with Crippen LogP contribution >= 0.6 is 0 Å². The molecule has 0 bridgehead atoms. The highest BCUT2D eigenvalue weighted by Gasteiger charge is 2.41. The molecule has 1 aliphatic heterocycles. The maximum Gasteiger partial charge on any atom is 0.262 e. The van der Waals surface area contributed by atoms with Crippen molar-refractivity contribution in [3.63, 3.8) is 0 Å². The number of rotatable bonds is 3. The lowest BCUT2D eigenvalue weighted by Gasteiger charge is -2.31. The normalized spacial score (nSPS) is 15.4. The second-order valence-electron chi connectivity index (χ2n) is 6.07. The highest BCUT2D eigenvalue weighted by Crippen LogP contribution is 2.36. The van der Waals surface area contributed by atoms with Gasteiger partial charge < -0.3 is 0 Å². The monoisotopic (exact) mass is 293 g/mol. The zero-order valence-corrected chi connectivity index (χ0v) is 13.0. The highest BCUT2D eigenvalue weighted by atomic mass is 16.2. The number of amides is 2. The van der Waals surface area contributed by atoms with Gasteiger partial charge in [0.25, 0.3) is 11.8 Å². The van der Waals surface area contributed by atoms with Crippen LogP contribution in [0.25, 0.3) is 0 Å². The Balaban J connectivity index is 2.11. The molecule has 0 N–H and O–H groups in total. The van der Waals surface area contributed by atoms with Crippen LogP contribution in [-0.4, -0.2) is 16.7 Å². The van der Waals surface area contributed by atoms with E-state index in [4.69, 9.17) is 0 Å². The van der Waals surface area contributed by atoms with Crippen LogP contribution in [0.15, 0.2) is 48.5 Å². The predicted molar refractivity (Wildman–Crippen MR) is 85.7 cm³/mol. The summed E-state index contributed by atoms with van der Waals surface area (Å²) in [7, 11) is 0. The van der Waals surface area contributed by atoms with Gasteiger partial charge in [-0.3, -0.25) is 14.5 Å². The molecule has 1 heterocycles. The van der Waals surface area contributed by atoms with Crippen LogP contribution in [0.4, 0.5) is 0 Å². The Kier molecular flexibility index (Phi) is 3.57. The van der Waals surface area contributed by atoms with Crippen molar-refractivity contribution in [3.8, 4) is 0 Å². The Hall–Kier alpha value is -2.42. The Morgan fingerprint density at radius 1 is 0.818 bits per heavy atom. The van der Waals surface area contributed by atoms with Crippen molar-refractivity contribution in [1.29, 1.82) is 0 Å². The Labute approximate surface area is 130 Å². The average Bonchev–Trinajstić information content (AvgIpc) is 2.75. The molecule has 0 fully saturated rings. The molecule has 0 saturated heterocycles. The van der Waals surface area contributed by atoms with Gasteiger partial charge in [-0.2, -0.15) is 0 Å². The van der Waals surface area contributed by atoms with Gasteiger partial charge in [0.15, 0.2) is 0 Å². The standard InChI is InChI=1S/C19H19NO2/c1-12(2)17(14-9-5-4-8-13(14)3)20-18(21)15-10-6-7-11-16(15)19(20)22/h4-12,17H,1-3H3. The fraction of sp³-hybridized carbons (Fsp3) is 0.263. The van der Waals surface area contributed by atoms with Crippen LogP contribution < -0.4 is 0 Å². The van der Waals surface area contributed by atoms with Crippen molar-refractivity contribution in [2.24, 2.45) is 5.92 Å². The fourth-order valence-electron chi connectivity index (χ4n) is 3.18. The molecule has 0 aliphatic carbocycles. The van der Waals surface area contributed by atoms with Crippen molar-refractivity contribution >= 4 is 11.8 Å². The number of fused-ring (bicyclic) bond motifs is 1. The number of hydrogen-bond donors (Lipinski definition) is 0. The average molecular weight is 293 g/mol. The molecular weight excluding hydrogens is 274 g/mol. The minimum absolute atomic E-state index is 0.142. The van der Waals surface area contributed by atoms with Gasteiger partial charge in [-0.1, -0.05) is 50.2 Å². The first-order chi connectivity index (χ1) is 10.5. The summed E-state index contributed by atoms with van der Waals surface area (Å²) < 4.78 is 0. The first-order valence-corrected chi connectivity index (χ1v) is 7.55. The van der Waals surface area contributed by atoms with E-state index in [-0.39, 0.29) is 23.8 Å². The van der Waals surface area contributed by atoms with E-state index < -0.39 is 0 Å². The van der Waals surface area contributed by atoms with E-state index in [9.17, 15) is 9.59 Å². The van der Waals surface area contributed by atoms with Gasteiger partial charge in [-0.05, 0) is 36.1 Å². The number of nitrogens with zero attached hydrogens (tertiary/aromatic N) is 1. The van der Waals surface area contributed by atoms with E-state index in [0.717, 1.165) is 11.1 Å². The first-order valence-electron chi connectivity index (χ1n) is 7.55. The number of carbonyl (C=O) groups is 2. The number of aryl methyl sites for hydroxylation is 1. The molecule has 3 rings (SSSR count). The smallest absolute Gasteiger partial charge is 0.262 e. The van der Waals surface area contributed by atoms with Gasteiger partial charge in [-0.15, -0.1) is 0 Å². The largest absolute Gasteiger partial charge is 0.269 e. The molecule has 2 aromatic rings. The minimum atomic E-state index is -0.242. The summed E-state index contributed by atoms with van der Waals surface area (Å²) in [6.45, 7) is 6.10. The minimum Gasteiger partial charge on any atom is -0.269 e. The summed E-state index contributed by atoms with van der Waals surface area (Å²) in [6, 6.07) is 14.8.